The molecule has 0 atom stereocenters. The first-order valence-corrected chi connectivity index (χ1v) is 8.01. The topological polar surface area (TPSA) is 19.9 Å². The normalized spacial score (nSPS) is 10.9. The summed E-state index contributed by atoms with van der Waals surface area (Å²) < 4.78 is 0. The molecule has 0 aliphatic heterocycles. The fourth-order valence-corrected chi connectivity index (χ4v) is 2.62. The number of unbranched alkanes of at least 4 members (excludes halogenated alkanes) is 3. The van der Waals surface area contributed by atoms with Crippen molar-refractivity contribution in [2.45, 2.75) is 71.6 Å². The van der Waals surface area contributed by atoms with Gasteiger partial charge in [-0.15, -0.1) is 0 Å². The minimum atomic E-state index is 0.0709. The molecule has 107 valence electrons. The number of hydrogen-bond donors (Lipinski definition) is 0. The lowest BCUT2D eigenvalue weighted by Gasteiger charge is -2.15. The number of aryl methyl sites for hydroxylation is 2. The smallest absolute Gasteiger partial charge is 0.0822 e. The third-order valence-corrected chi connectivity index (χ3v) is 3.79. The highest BCUT2D eigenvalue weighted by atomic mass is 16.2. The number of hydrogen-bond acceptors (Lipinski definition) is 0. The third-order valence-electron chi connectivity index (χ3n) is 3.79. The van der Waals surface area contributed by atoms with E-state index in [0.29, 0.717) is 0 Å². The van der Waals surface area contributed by atoms with E-state index < -0.39 is 0 Å². The van der Waals surface area contributed by atoms with Crippen LogP contribution in [0.25, 0.3) is 0 Å². The number of rotatable bonds is 10. The molecule has 1 nitrogen and oxygen atoms in total. The molecule has 0 N–H and O–H groups in total. The fourth-order valence-electron chi connectivity index (χ4n) is 2.62. The molecule has 0 unspecified atom stereocenters. The summed E-state index contributed by atoms with van der Waals surface area (Å²) in [5.74, 6) is 0. The summed E-state index contributed by atoms with van der Waals surface area (Å²) in [4.78, 5) is 0. The van der Waals surface area contributed by atoms with Gasteiger partial charge in [0.25, 0.3) is 0 Å². The molecule has 0 bridgehead atoms. The predicted octanol–water partition coefficient (Wildman–Crippen LogP) is 5.13. The van der Waals surface area contributed by atoms with Crippen molar-refractivity contribution in [3.63, 3.8) is 0 Å². The molecule has 1 radical (unpaired) electrons. The Morgan fingerprint density at radius 2 is 1.37 bits per heavy atom. The summed E-state index contributed by atoms with van der Waals surface area (Å²) in [6.07, 6.45) is 10.4. The van der Waals surface area contributed by atoms with Gasteiger partial charge in [0.2, 0.25) is 0 Å². The molecule has 0 saturated heterocycles. The highest BCUT2D eigenvalue weighted by Crippen LogP contribution is 2.21. The van der Waals surface area contributed by atoms with E-state index in [-0.39, 0.29) is 6.61 Å². The van der Waals surface area contributed by atoms with Crippen LogP contribution in [0, 0.1) is 0 Å². The van der Waals surface area contributed by atoms with Crippen molar-refractivity contribution in [3.05, 3.63) is 34.9 Å². The summed E-state index contributed by atoms with van der Waals surface area (Å²) in [7, 11) is 0. The van der Waals surface area contributed by atoms with Gasteiger partial charge < -0.3 is 0 Å². The summed E-state index contributed by atoms with van der Waals surface area (Å²) in [5, 5.41) is 10.6. The molecule has 0 amide bonds. The predicted molar refractivity (Wildman–Crippen MR) is 82.2 cm³/mol. The average molecular weight is 261 g/mol. The Balaban J connectivity index is 2.81. The molecular weight excluding hydrogens is 232 g/mol. The lowest BCUT2D eigenvalue weighted by atomic mass is 9.91. The SMILES string of the molecule is CCCCc1cccc(CCCC)c1CCCC[O]. The van der Waals surface area contributed by atoms with E-state index in [0.717, 1.165) is 19.3 Å². The van der Waals surface area contributed by atoms with E-state index in [4.69, 9.17) is 0 Å². The molecule has 0 aliphatic rings. The van der Waals surface area contributed by atoms with E-state index in [1.54, 1.807) is 5.56 Å². The standard InChI is InChI=1S/C18H29O/c1-3-5-10-16-12-9-13-17(11-6-4-2)18(16)14-7-8-15-19/h9,12-13H,3-8,10-11,14-15H2,1-2H3. The molecule has 0 aliphatic carbocycles. The largest absolute Gasteiger partial charge is 0.237 e. The van der Waals surface area contributed by atoms with Crippen molar-refractivity contribution in [3.8, 4) is 0 Å². The molecule has 19 heavy (non-hydrogen) atoms. The van der Waals surface area contributed by atoms with E-state index in [1.807, 2.05) is 0 Å². The Hall–Kier alpha value is -0.820. The second-order valence-corrected chi connectivity index (χ2v) is 5.42. The van der Waals surface area contributed by atoms with Crippen molar-refractivity contribution in [2.75, 3.05) is 6.61 Å². The molecule has 1 rings (SSSR count). The van der Waals surface area contributed by atoms with Crippen LogP contribution >= 0.6 is 0 Å². The zero-order valence-corrected chi connectivity index (χ0v) is 12.7. The summed E-state index contributed by atoms with van der Waals surface area (Å²) >= 11 is 0. The molecule has 0 saturated carbocycles. The molecule has 1 aromatic rings. The highest BCUT2D eigenvalue weighted by molar-refractivity contribution is 5.36. The van der Waals surface area contributed by atoms with Gasteiger partial charge in [0.05, 0.1) is 6.61 Å². The molecule has 0 fully saturated rings. The van der Waals surface area contributed by atoms with Crippen LogP contribution in [0.4, 0.5) is 0 Å². The van der Waals surface area contributed by atoms with Crippen LogP contribution in [-0.2, 0) is 24.4 Å². The van der Waals surface area contributed by atoms with Gasteiger partial charge in [-0.3, -0.25) is 0 Å². The second-order valence-electron chi connectivity index (χ2n) is 5.42. The quantitative estimate of drug-likeness (QED) is 0.521. The van der Waals surface area contributed by atoms with Gasteiger partial charge in [-0.1, -0.05) is 44.9 Å². The maximum atomic E-state index is 10.6. The van der Waals surface area contributed by atoms with Crippen molar-refractivity contribution in [1.82, 2.24) is 0 Å². The molecule has 0 spiro atoms. The second kappa shape index (κ2) is 10.0. The van der Waals surface area contributed by atoms with Gasteiger partial charge in [-0.25, -0.2) is 5.11 Å². The van der Waals surface area contributed by atoms with Gasteiger partial charge in [-0.2, -0.15) is 0 Å². The van der Waals surface area contributed by atoms with Crippen LogP contribution in [0.2, 0.25) is 0 Å². The summed E-state index contributed by atoms with van der Waals surface area (Å²) in [6.45, 7) is 4.57. The van der Waals surface area contributed by atoms with Gasteiger partial charge in [-0.05, 0) is 61.6 Å². The maximum absolute atomic E-state index is 10.6. The lowest BCUT2D eigenvalue weighted by Crippen LogP contribution is -2.02. The van der Waals surface area contributed by atoms with Gasteiger partial charge >= 0.3 is 0 Å². The van der Waals surface area contributed by atoms with Gasteiger partial charge in [0.1, 0.15) is 0 Å². The van der Waals surface area contributed by atoms with Gasteiger partial charge in [0, 0.05) is 0 Å². The van der Waals surface area contributed by atoms with E-state index in [2.05, 4.69) is 32.0 Å². The van der Waals surface area contributed by atoms with Crippen LogP contribution in [0.15, 0.2) is 18.2 Å². The highest BCUT2D eigenvalue weighted by Gasteiger charge is 2.08. The van der Waals surface area contributed by atoms with Crippen LogP contribution < -0.4 is 0 Å². The number of benzene rings is 1. The zero-order valence-electron chi connectivity index (χ0n) is 12.7. The molecular formula is C18H29O. The van der Waals surface area contributed by atoms with Crippen molar-refractivity contribution in [2.24, 2.45) is 0 Å². The van der Waals surface area contributed by atoms with Crippen LogP contribution in [0.1, 0.15) is 69.1 Å². The molecule has 1 aromatic carbocycles. The first-order chi connectivity index (χ1) is 9.33. The third kappa shape index (κ3) is 5.78. The minimum Gasteiger partial charge on any atom is -0.237 e. The first kappa shape index (κ1) is 16.2. The summed E-state index contributed by atoms with van der Waals surface area (Å²) in [6, 6.07) is 6.79. The fraction of sp³-hybridized carbons (Fsp3) is 0.667. The minimum absolute atomic E-state index is 0.0709. The molecule has 0 heterocycles. The molecule has 1 heteroatoms. The van der Waals surface area contributed by atoms with E-state index in [9.17, 15) is 5.11 Å². The Morgan fingerprint density at radius 3 is 1.84 bits per heavy atom. The lowest BCUT2D eigenvalue weighted by molar-refractivity contribution is 0.187. The molecule has 0 aromatic heterocycles. The Labute approximate surface area is 119 Å². The van der Waals surface area contributed by atoms with Crippen molar-refractivity contribution >= 4 is 0 Å². The first-order valence-electron chi connectivity index (χ1n) is 8.01. The Morgan fingerprint density at radius 1 is 0.789 bits per heavy atom. The Bertz CT molecular complexity index is 317. The van der Waals surface area contributed by atoms with Crippen molar-refractivity contribution in [1.29, 1.82) is 0 Å². The monoisotopic (exact) mass is 261 g/mol. The Kier molecular flexibility index (Phi) is 8.57. The zero-order chi connectivity index (χ0) is 13.9. The van der Waals surface area contributed by atoms with Crippen LogP contribution in [0.3, 0.4) is 0 Å². The van der Waals surface area contributed by atoms with E-state index >= 15 is 0 Å². The summed E-state index contributed by atoms with van der Waals surface area (Å²) in [5.41, 5.74) is 4.61. The van der Waals surface area contributed by atoms with Crippen molar-refractivity contribution < 1.29 is 5.11 Å². The average Bonchev–Trinajstić information content (AvgIpc) is 2.44. The van der Waals surface area contributed by atoms with E-state index in [1.165, 1.54) is 49.7 Å². The van der Waals surface area contributed by atoms with Crippen LogP contribution in [0.5, 0.6) is 0 Å². The van der Waals surface area contributed by atoms with Gasteiger partial charge in [0.15, 0.2) is 0 Å². The maximum Gasteiger partial charge on any atom is 0.0822 e. The van der Waals surface area contributed by atoms with Crippen LogP contribution in [-0.4, -0.2) is 6.61 Å².